The summed E-state index contributed by atoms with van der Waals surface area (Å²) in [6.45, 7) is 6.63. The minimum absolute atomic E-state index is 0.134. The van der Waals surface area contributed by atoms with E-state index >= 15 is 0 Å². The molecule has 0 atom stereocenters. The van der Waals surface area contributed by atoms with Gasteiger partial charge in [0.1, 0.15) is 0 Å². The molecule has 2 N–H and O–H groups in total. The molecule has 0 aromatic rings. The quantitative estimate of drug-likeness (QED) is 0.672. The van der Waals surface area contributed by atoms with Crippen LogP contribution >= 0.6 is 0 Å². The van der Waals surface area contributed by atoms with Crippen molar-refractivity contribution < 1.29 is 4.79 Å². The van der Waals surface area contributed by atoms with Gasteiger partial charge in [-0.05, 0) is 37.6 Å². The van der Waals surface area contributed by atoms with Crippen LogP contribution in [0, 0.1) is 11.8 Å². The van der Waals surface area contributed by atoms with Gasteiger partial charge in [0.2, 0.25) is 5.91 Å². The zero-order valence-corrected chi connectivity index (χ0v) is 10.0. The molecule has 0 saturated heterocycles. The van der Waals surface area contributed by atoms with Crippen LogP contribution in [0.3, 0.4) is 0 Å². The second kappa shape index (κ2) is 6.83. The standard InChI is InChI=1S/C12H24N2O/c1-10(2)6-7-14-12(15)9-13-8-11-4-3-5-11/h10-11,13H,3-9H2,1-2H3,(H,14,15). The fourth-order valence-corrected chi connectivity index (χ4v) is 1.65. The third-order valence-corrected chi connectivity index (χ3v) is 2.99. The first-order valence-electron chi connectivity index (χ1n) is 6.16. The SMILES string of the molecule is CC(C)CCNC(=O)CNCC1CCC1. The van der Waals surface area contributed by atoms with Gasteiger partial charge in [-0.15, -0.1) is 0 Å². The summed E-state index contributed by atoms with van der Waals surface area (Å²) in [7, 11) is 0. The number of carbonyl (C=O) groups excluding carboxylic acids is 1. The van der Waals surface area contributed by atoms with E-state index in [1.807, 2.05) is 0 Å². The van der Waals surface area contributed by atoms with Crippen LogP contribution in [0.1, 0.15) is 39.5 Å². The Balaban J connectivity index is 1.88. The van der Waals surface area contributed by atoms with E-state index in [2.05, 4.69) is 24.5 Å². The van der Waals surface area contributed by atoms with Gasteiger partial charge in [-0.3, -0.25) is 4.79 Å². The van der Waals surface area contributed by atoms with E-state index in [4.69, 9.17) is 0 Å². The monoisotopic (exact) mass is 212 g/mol. The maximum Gasteiger partial charge on any atom is 0.233 e. The number of amides is 1. The number of nitrogens with one attached hydrogen (secondary N) is 2. The van der Waals surface area contributed by atoms with Crippen LogP contribution in [0.4, 0.5) is 0 Å². The largest absolute Gasteiger partial charge is 0.355 e. The molecule has 0 heterocycles. The molecule has 0 aromatic carbocycles. The average Bonchev–Trinajstić information content (AvgIpc) is 2.08. The predicted molar refractivity (Wildman–Crippen MR) is 62.7 cm³/mol. The number of hydrogen-bond acceptors (Lipinski definition) is 2. The van der Waals surface area contributed by atoms with Crippen LogP contribution in [0.15, 0.2) is 0 Å². The van der Waals surface area contributed by atoms with Crippen LogP contribution in [-0.4, -0.2) is 25.5 Å². The molecule has 0 spiro atoms. The van der Waals surface area contributed by atoms with E-state index in [-0.39, 0.29) is 5.91 Å². The van der Waals surface area contributed by atoms with Crippen molar-refractivity contribution in [3.8, 4) is 0 Å². The van der Waals surface area contributed by atoms with Gasteiger partial charge < -0.3 is 10.6 Å². The Kier molecular flexibility index (Phi) is 5.69. The zero-order valence-electron chi connectivity index (χ0n) is 10.0. The number of hydrogen-bond donors (Lipinski definition) is 2. The lowest BCUT2D eigenvalue weighted by molar-refractivity contribution is -0.120. The van der Waals surface area contributed by atoms with E-state index in [1.54, 1.807) is 0 Å². The summed E-state index contributed by atoms with van der Waals surface area (Å²) >= 11 is 0. The molecule has 1 rings (SSSR count). The maximum absolute atomic E-state index is 11.3. The number of carbonyl (C=O) groups is 1. The molecule has 88 valence electrons. The minimum atomic E-state index is 0.134. The lowest BCUT2D eigenvalue weighted by Gasteiger charge is -2.25. The minimum Gasteiger partial charge on any atom is -0.355 e. The molecule has 0 aliphatic heterocycles. The summed E-state index contributed by atoms with van der Waals surface area (Å²) in [5.41, 5.74) is 0. The molecule has 0 bridgehead atoms. The van der Waals surface area contributed by atoms with E-state index in [9.17, 15) is 4.79 Å². The third kappa shape index (κ3) is 5.78. The lowest BCUT2D eigenvalue weighted by Crippen LogP contribution is -2.37. The van der Waals surface area contributed by atoms with Gasteiger partial charge in [-0.2, -0.15) is 0 Å². The summed E-state index contributed by atoms with van der Waals surface area (Å²) in [6.07, 6.45) is 5.10. The third-order valence-electron chi connectivity index (χ3n) is 2.99. The van der Waals surface area contributed by atoms with Crippen molar-refractivity contribution in [2.45, 2.75) is 39.5 Å². The van der Waals surface area contributed by atoms with E-state index < -0.39 is 0 Å². The van der Waals surface area contributed by atoms with Crippen LogP contribution < -0.4 is 10.6 Å². The van der Waals surface area contributed by atoms with Crippen LogP contribution in [0.2, 0.25) is 0 Å². The molecule has 0 radical (unpaired) electrons. The van der Waals surface area contributed by atoms with Crippen molar-refractivity contribution in [1.29, 1.82) is 0 Å². The van der Waals surface area contributed by atoms with Crippen LogP contribution in [-0.2, 0) is 4.79 Å². The Bertz CT molecular complexity index is 188. The summed E-state index contributed by atoms with van der Waals surface area (Å²) in [5.74, 6) is 1.62. The highest BCUT2D eigenvalue weighted by Crippen LogP contribution is 2.24. The molecule has 1 aliphatic carbocycles. The Hall–Kier alpha value is -0.570. The van der Waals surface area contributed by atoms with Gasteiger partial charge in [0, 0.05) is 6.54 Å². The highest BCUT2D eigenvalue weighted by molar-refractivity contribution is 5.77. The number of rotatable bonds is 7. The Labute approximate surface area is 93.0 Å². The molecule has 0 unspecified atom stereocenters. The van der Waals surface area contributed by atoms with E-state index in [1.165, 1.54) is 19.3 Å². The smallest absolute Gasteiger partial charge is 0.233 e. The molecule has 0 aromatic heterocycles. The van der Waals surface area contributed by atoms with Crippen molar-refractivity contribution in [3.05, 3.63) is 0 Å². The first-order valence-corrected chi connectivity index (χ1v) is 6.16. The maximum atomic E-state index is 11.3. The van der Waals surface area contributed by atoms with Crippen molar-refractivity contribution in [3.63, 3.8) is 0 Å². The van der Waals surface area contributed by atoms with Crippen molar-refractivity contribution in [2.24, 2.45) is 11.8 Å². The first kappa shape index (κ1) is 12.5. The second-order valence-electron chi connectivity index (χ2n) is 4.96. The fourth-order valence-electron chi connectivity index (χ4n) is 1.65. The molecular formula is C12H24N2O. The molecule has 1 amide bonds. The van der Waals surface area contributed by atoms with E-state index in [0.717, 1.165) is 25.4 Å². The van der Waals surface area contributed by atoms with E-state index in [0.29, 0.717) is 12.5 Å². The lowest BCUT2D eigenvalue weighted by atomic mass is 9.85. The average molecular weight is 212 g/mol. The van der Waals surface area contributed by atoms with Gasteiger partial charge in [-0.1, -0.05) is 20.3 Å². The first-order chi connectivity index (χ1) is 7.18. The molecule has 15 heavy (non-hydrogen) atoms. The second-order valence-corrected chi connectivity index (χ2v) is 4.96. The Morgan fingerprint density at radius 3 is 2.67 bits per heavy atom. The molecule has 3 nitrogen and oxygen atoms in total. The summed E-state index contributed by atoms with van der Waals surface area (Å²) in [4.78, 5) is 11.3. The molecule has 3 heteroatoms. The normalized spacial score (nSPS) is 16.5. The van der Waals surface area contributed by atoms with Gasteiger partial charge in [-0.25, -0.2) is 0 Å². The van der Waals surface area contributed by atoms with Crippen LogP contribution in [0.25, 0.3) is 0 Å². The fraction of sp³-hybridized carbons (Fsp3) is 0.917. The summed E-state index contributed by atoms with van der Waals surface area (Å²) in [5, 5.41) is 6.14. The predicted octanol–water partition coefficient (Wildman–Crippen LogP) is 1.54. The van der Waals surface area contributed by atoms with Gasteiger partial charge >= 0.3 is 0 Å². The summed E-state index contributed by atoms with van der Waals surface area (Å²) in [6, 6.07) is 0. The zero-order chi connectivity index (χ0) is 11.1. The Morgan fingerprint density at radius 1 is 1.40 bits per heavy atom. The molecule has 1 saturated carbocycles. The molecule has 1 aliphatic rings. The van der Waals surface area contributed by atoms with Crippen LogP contribution in [0.5, 0.6) is 0 Å². The van der Waals surface area contributed by atoms with Crippen molar-refractivity contribution >= 4 is 5.91 Å². The topological polar surface area (TPSA) is 41.1 Å². The van der Waals surface area contributed by atoms with Gasteiger partial charge in [0.15, 0.2) is 0 Å². The van der Waals surface area contributed by atoms with Crippen molar-refractivity contribution in [1.82, 2.24) is 10.6 Å². The van der Waals surface area contributed by atoms with Crippen molar-refractivity contribution in [2.75, 3.05) is 19.6 Å². The summed E-state index contributed by atoms with van der Waals surface area (Å²) < 4.78 is 0. The highest BCUT2D eigenvalue weighted by Gasteiger charge is 2.16. The molecular weight excluding hydrogens is 188 g/mol. The van der Waals surface area contributed by atoms with Gasteiger partial charge in [0.25, 0.3) is 0 Å². The molecule has 1 fully saturated rings. The highest BCUT2D eigenvalue weighted by atomic mass is 16.1. The van der Waals surface area contributed by atoms with Gasteiger partial charge in [0.05, 0.1) is 6.54 Å². The Morgan fingerprint density at radius 2 is 2.13 bits per heavy atom.